The van der Waals surface area contributed by atoms with Crippen molar-refractivity contribution in [2.45, 2.75) is 31.2 Å². The zero-order chi connectivity index (χ0) is 16.3. The van der Waals surface area contributed by atoms with Crippen LogP contribution in [0.5, 0.6) is 0 Å². The van der Waals surface area contributed by atoms with Gasteiger partial charge in [0.1, 0.15) is 0 Å². The lowest BCUT2D eigenvalue weighted by atomic mass is 9.97. The topological polar surface area (TPSA) is 87.3 Å². The fraction of sp³-hybridized carbons (Fsp3) is 0.500. The maximum absolute atomic E-state index is 12.5. The van der Waals surface area contributed by atoms with E-state index in [9.17, 15) is 13.2 Å². The van der Waals surface area contributed by atoms with Crippen molar-refractivity contribution in [3.8, 4) is 0 Å². The summed E-state index contributed by atoms with van der Waals surface area (Å²) in [6, 6.07) is 4.50. The molecule has 1 aromatic carbocycles. The maximum Gasteiger partial charge on any atom is 0.240 e. The molecule has 8 heteroatoms. The first-order valence-electron chi connectivity index (χ1n) is 7.10. The van der Waals surface area contributed by atoms with Crippen LogP contribution in [0.25, 0.3) is 0 Å². The van der Waals surface area contributed by atoms with Gasteiger partial charge in [0.25, 0.3) is 0 Å². The van der Waals surface area contributed by atoms with Crippen LogP contribution in [0.4, 0.5) is 5.69 Å². The number of benzene rings is 1. The Kier molecular flexibility index (Phi) is 5.60. The van der Waals surface area contributed by atoms with Gasteiger partial charge < -0.3 is 10.6 Å². The van der Waals surface area contributed by atoms with E-state index in [-0.39, 0.29) is 22.8 Å². The van der Waals surface area contributed by atoms with E-state index >= 15 is 0 Å². The minimum Gasteiger partial charge on any atom is -0.325 e. The number of nitrogens with one attached hydrogen (secondary N) is 3. The molecule has 0 aromatic heterocycles. The van der Waals surface area contributed by atoms with E-state index < -0.39 is 10.0 Å². The average molecular weight is 390 g/mol. The van der Waals surface area contributed by atoms with Gasteiger partial charge in [-0.3, -0.25) is 4.79 Å². The van der Waals surface area contributed by atoms with Crippen molar-refractivity contribution in [2.75, 3.05) is 18.4 Å². The molecule has 3 N–H and O–H groups in total. The first kappa shape index (κ1) is 17.4. The number of rotatable bonds is 4. The van der Waals surface area contributed by atoms with Gasteiger partial charge in [-0.2, -0.15) is 0 Å². The number of sulfonamides is 1. The second-order valence-corrected chi connectivity index (χ2v) is 8.09. The van der Waals surface area contributed by atoms with Crippen LogP contribution in [0, 0.1) is 5.92 Å². The quantitative estimate of drug-likeness (QED) is 0.730. The number of carbonyl (C=O) groups is 1. The van der Waals surface area contributed by atoms with E-state index in [0.717, 1.165) is 19.5 Å². The molecule has 22 heavy (non-hydrogen) atoms. The first-order valence-corrected chi connectivity index (χ1v) is 9.37. The first-order chi connectivity index (χ1) is 10.3. The normalized spacial score (nSPS) is 22.3. The summed E-state index contributed by atoms with van der Waals surface area (Å²) in [7, 11) is -3.58. The Labute approximate surface area is 139 Å². The number of amides is 1. The lowest BCUT2D eigenvalue weighted by molar-refractivity contribution is -0.114. The summed E-state index contributed by atoms with van der Waals surface area (Å²) in [5.41, 5.74) is 0.543. The monoisotopic (exact) mass is 389 g/mol. The Bertz CT molecular complexity index is 663. The van der Waals surface area contributed by atoms with Crippen LogP contribution in [0.2, 0.25) is 0 Å². The standard InChI is InChI=1S/C14H20BrN3O3S/c1-9-8-16-6-5-13(9)18-22(20,21)11-3-4-14(12(15)7-11)17-10(2)19/h3-4,7,9,13,16,18H,5-6,8H2,1-2H3,(H,17,19). The summed E-state index contributed by atoms with van der Waals surface area (Å²) in [5.74, 6) is 0.0311. The van der Waals surface area contributed by atoms with Crippen LogP contribution in [-0.4, -0.2) is 33.5 Å². The Balaban J connectivity index is 2.18. The lowest BCUT2D eigenvalue weighted by Gasteiger charge is -2.30. The molecular formula is C14H20BrN3O3S. The molecule has 0 spiro atoms. The number of carbonyl (C=O) groups excluding carboxylic acids is 1. The maximum atomic E-state index is 12.5. The summed E-state index contributed by atoms with van der Waals surface area (Å²) in [6.45, 7) is 5.04. The van der Waals surface area contributed by atoms with Crippen LogP contribution in [0.3, 0.4) is 0 Å². The van der Waals surface area contributed by atoms with Crippen LogP contribution in [0.1, 0.15) is 20.3 Å². The van der Waals surface area contributed by atoms with Crippen molar-refractivity contribution >= 4 is 37.5 Å². The number of hydrogen-bond donors (Lipinski definition) is 3. The van der Waals surface area contributed by atoms with Gasteiger partial charge in [-0.1, -0.05) is 6.92 Å². The number of hydrogen-bond acceptors (Lipinski definition) is 4. The van der Waals surface area contributed by atoms with Gasteiger partial charge in [-0.25, -0.2) is 13.1 Å². The molecule has 0 aliphatic carbocycles. The van der Waals surface area contributed by atoms with Crippen molar-refractivity contribution in [1.82, 2.24) is 10.0 Å². The van der Waals surface area contributed by atoms with Crippen LogP contribution in [-0.2, 0) is 14.8 Å². The van der Waals surface area contributed by atoms with Gasteiger partial charge in [0.15, 0.2) is 0 Å². The molecule has 2 rings (SSSR count). The molecule has 0 saturated carbocycles. The van der Waals surface area contributed by atoms with Crippen molar-refractivity contribution < 1.29 is 13.2 Å². The fourth-order valence-electron chi connectivity index (χ4n) is 2.41. The molecule has 1 amide bonds. The third-order valence-electron chi connectivity index (χ3n) is 3.65. The molecule has 1 fully saturated rings. The molecule has 1 aromatic rings. The molecule has 2 unspecified atom stereocenters. The highest BCUT2D eigenvalue weighted by atomic mass is 79.9. The fourth-order valence-corrected chi connectivity index (χ4v) is 4.44. The zero-order valence-corrected chi connectivity index (χ0v) is 14.9. The molecule has 1 heterocycles. The third kappa shape index (κ3) is 4.28. The van der Waals surface area contributed by atoms with Gasteiger partial charge in [0.05, 0.1) is 10.6 Å². The number of piperidine rings is 1. The molecule has 0 bridgehead atoms. The van der Waals surface area contributed by atoms with Crippen LogP contribution < -0.4 is 15.4 Å². The largest absolute Gasteiger partial charge is 0.325 e. The highest BCUT2D eigenvalue weighted by Crippen LogP contribution is 2.26. The van der Waals surface area contributed by atoms with E-state index in [1.165, 1.54) is 19.1 Å². The zero-order valence-electron chi connectivity index (χ0n) is 12.5. The van der Waals surface area contributed by atoms with Gasteiger partial charge in [-0.15, -0.1) is 0 Å². The van der Waals surface area contributed by atoms with E-state index in [1.54, 1.807) is 6.07 Å². The highest BCUT2D eigenvalue weighted by molar-refractivity contribution is 9.10. The second-order valence-electron chi connectivity index (χ2n) is 5.52. The van der Waals surface area contributed by atoms with Crippen molar-refractivity contribution in [2.24, 2.45) is 5.92 Å². The Morgan fingerprint density at radius 1 is 1.41 bits per heavy atom. The van der Waals surface area contributed by atoms with E-state index in [4.69, 9.17) is 0 Å². The molecule has 1 saturated heterocycles. The van der Waals surface area contributed by atoms with Crippen LogP contribution in [0.15, 0.2) is 27.6 Å². The van der Waals surface area contributed by atoms with Gasteiger partial charge in [0.2, 0.25) is 15.9 Å². The molecule has 1 aliphatic heterocycles. The summed E-state index contributed by atoms with van der Waals surface area (Å²) < 4.78 is 28.3. The van der Waals surface area contributed by atoms with E-state index in [0.29, 0.717) is 10.2 Å². The van der Waals surface area contributed by atoms with E-state index in [2.05, 4.69) is 31.3 Å². The van der Waals surface area contributed by atoms with Crippen molar-refractivity contribution in [1.29, 1.82) is 0 Å². The third-order valence-corrected chi connectivity index (χ3v) is 5.80. The molecule has 6 nitrogen and oxygen atoms in total. The predicted octanol–water partition coefficient (Wildman–Crippen LogP) is 1.68. The minimum absolute atomic E-state index is 0.0694. The summed E-state index contributed by atoms with van der Waals surface area (Å²) in [5, 5.41) is 5.87. The summed E-state index contributed by atoms with van der Waals surface area (Å²) >= 11 is 3.29. The molecule has 122 valence electrons. The Hall–Kier alpha value is -0.960. The Morgan fingerprint density at radius 3 is 2.73 bits per heavy atom. The summed E-state index contributed by atoms with van der Waals surface area (Å²) in [6.07, 6.45) is 0.769. The second kappa shape index (κ2) is 7.08. The summed E-state index contributed by atoms with van der Waals surface area (Å²) in [4.78, 5) is 11.3. The van der Waals surface area contributed by atoms with Crippen molar-refractivity contribution in [3.05, 3.63) is 22.7 Å². The molecule has 0 radical (unpaired) electrons. The molecular weight excluding hydrogens is 370 g/mol. The SMILES string of the molecule is CC(=O)Nc1ccc(S(=O)(=O)NC2CCNCC2C)cc1Br. The predicted molar refractivity (Wildman–Crippen MR) is 89.2 cm³/mol. The van der Waals surface area contributed by atoms with Gasteiger partial charge in [0, 0.05) is 17.4 Å². The van der Waals surface area contributed by atoms with Crippen molar-refractivity contribution in [3.63, 3.8) is 0 Å². The van der Waals surface area contributed by atoms with Gasteiger partial charge in [-0.05, 0) is 59.6 Å². The minimum atomic E-state index is -3.58. The smallest absolute Gasteiger partial charge is 0.240 e. The molecule has 1 aliphatic rings. The highest BCUT2D eigenvalue weighted by Gasteiger charge is 2.26. The average Bonchev–Trinajstić information content (AvgIpc) is 2.43. The molecule has 2 atom stereocenters. The van der Waals surface area contributed by atoms with Gasteiger partial charge >= 0.3 is 0 Å². The van der Waals surface area contributed by atoms with E-state index in [1.807, 2.05) is 6.92 Å². The number of anilines is 1. The van der Waals surface area contributed by atoms with Crippen LogP contribution >= 0.6 is 15.9 Å². The Morgan fingerprint density at radius 2 is 2.14 bits per heavy atom. The lowest BCUT2D eigenvalue weighted by Crippen LogP contribution is -2.48. The number of halogens is 1.